The van der Waals surface area contributed by atoms with Crippen LogP contribution in [-0.4, -0.2) is 7.05 Å². The Balaban J connectivity index is 2.30. The molecule has 2 aromatic rings. The Hall–Kier alpha value is -1.26. The fraction of sp³-hybridized carbons (Fsp3) is 0.286. The van der Waals surface area contributed by atoms with E-state index >= 15 is 0 Å². The minimum Gasteiger partial charge on any atom is -0.313 e. The summed E-state index contributed by atoms with van der Waals surface area (Å²) in [4.78, 5) is 1.18. The molecule has 2 rings (SSSR count). The molecule has 1 aromatic carbocycles. The third-order valence-electron chi connectivity index (χ3n) is 2.99. The Kier molecular flexibility index (Phi) is 4.09. The van der Waals surface area contributed by atoms with Gasteiger partial charge in [-0.3, -0.25) is 0 Å². The van der Waals surface area contributed by atoms with Gasteiger partial charge in [-0.05, 0) is 37.0 Å². The number of likely N-dealkylation sites (N-methyl/N-ethyl adjacent to an activating group) is 1. The summed E-state index contributed by atoms with van der Waals surface area (Å²) in [5, 5.41) is 5.08. The predicted molar refractivity (Wildman–Crippen MR) is 70.9 cm³/mol. The maximum atomic E-state index is 13.8. The van der Waals surface area contributed by atoms with Crippen molar-refractivity contribution in [1.82, 2.24) is 5.32 Å². The van der Waals surface area contributed by atoms with E-state index in [-0.39, 0.29) is 6.04 Å². The molecule has 0 aliphatic carbocycles. The molecule has 1 aromatic heterocycles. The molecule has 1 atom stereocenters. The van der Waals surface area contributed by atoms with Crippen molar-refractivity contribution < 1.29 is 8.78 Å². The highest BCUT2D eigenvalue weighted by Gasteiger charge is 2.17. The van der Waals surface area contributed by atoms with E-state index < -0.39 is 11.6 Å². The molecule has 0 spiro atoms. The molecular weight excluding hydrogens is 252 g/mol. The molecule has 1 heterocycles. The molecule has 0 fully saturated rings. The maximum Gasteiger partial charge on any atom is 0.130 e. The Labute approximate surface area is 109 Å². The van der Waals surface area contributed by atoms with Crippen molar-refractivity contribution >= 4 is 11.3 Å². The molecule has 1 unspecified atom stereocenters. The van der Waals surface area contributed by atoms with Crippen LogP contribution in [0.3, 0.4) is 0 Å². The quantitative estimate of drug-likeness (QED) is 0.887. The average molecular weight is 267 g/mol. The topological polar surface area (TPSA) is 12.0 Å². The van der Waals surface area contributed by atoms with E-state index in [9.17, 15) is 8.78 Å². The van der Waals surface area contributed by atoms with Gasteiger partial charge in [-0.25, -0.2) is 8.78 Å². The molecule has 18 heavy (non-hydrogen) atoms. The Bertz CT molecular complexity index is 523. The minimum absolute atomic E-state index is 0.136. The van der Waals surface area contributed by atoms with Gasteiger partial charge in [0.15, 0.2) is 0 Å². The number of nitrogens with one attached hydrogen (secondary N) is 1. The van der Waals surface area contributed by atoms with E-state index in [1.807, 2.05) is 17.5 Å². The molecule has 0 aliphatic heterocycles. The van der Waals surface area contributed by atoms with Gasteiger partial charge >= 0.3 is 0 Å². The normalized spacial score (nSPS) is 12.7. The summed E-state index contributed by atoms with van der Waals surface area (Å²) in [6, 6.07) is 6.40. The summed E-state index contributed by atoms with van der Waals surface area (Å²) in [5.74, 6) is -0.990. The van der Waals surface area contributed by atoms with Crippen LogP contribution < -0.4 is 5.32 Å². The Morgan fingerprint density at radius 2 is 2.06 bits per heavy atom. The monoisotopic (exact) mass is 267 g/mol. The highest BCUT2D eigenvalue weighted by molar-refractivity contribution is 7.09. The van der Waals surface area contributed by atoms with E-state index in [0.717, 1.165) is 6.07 Å². The molecule has 96 valence electrons. The largest absolute Gasteiger partial charge is 0.313 e. The van der Waals surface area contributed by atoms with Crippen LogP contribution in [0.4, 0.5) is 8.78 Å². The number of hydrogen-bond donors (Lipinski definition) is 1. The third kappa shape index (κ3) is 2.76. The summed E-state index contributed by atoms with van der Waals surface area (Å²) in [5.41, 5.74) is 0.989. The van der Waals surface area contributed by atoms with Gasteiger partial charge in [-0.15, -0.1) is 11.3 Å². The lowest BCUT2D eigenvalue weighted by molar-refractivity contribution is 0.521. The summed E-state index contributed by atoms with van der Waals surface area (Å²) < 4.78 is 27.1. The van der Waals surface area contributed by atoms with Crippen molar-refractivity contribution in [3.63, 3.8) is 0 Å². The molecule has 0 saturated heterocycles. The number of halogens is 2. The van der Waals surface area contributed by atoms with Crippen molar-refractivity contribution in [3.8, 4) is 0 Å². The lowest BCUT2D eigenvalue weighted by Crippen LogP contribution is -2.20. The van der Waals surface area contributed by atoms with Crippen molar-refractivity contribution in [2.45, 2.75) is 19.4 Å². The Morgan fingerprint density at radius 1 is 1.28 bits per heavy atom. The van der Waals surface area contributed by atoms with Crippen LogP contribution in [0.15, 0.2) is 29.6 Å². The van der Waals surface area contributed by atoms with Gasteiger partial charge in [0.05, 0.1) is 0 Å². The number of thiophene rings is 1. The van der Waals surface area contributed by atoms with E-state index in [0.29, 0.717) is 17.5 Å². The van der Waals surface area contributed by atoms with E-state index in [1.54, 1.807) is 31.4 Å². The summed E-state index contributed by atoms with van der Waals surface area (Å²) >= 11 is 1.64. The zero-order chi connectivity index (χ0) is 13.1. The molecular formula is C14H15F2NS. The average Bonchev–Trinajstić information content (AvgIpc) is 2.84. The molecule has 0 saturated carbocycles. The van der Waals surface area contributed by atoms with Crippen LogP contribution >= 0.6 is 11.3 Å². The number of aryl methyl sites for hydroxylation is 1. The van der Waals surface area contributed by atoms with Gasteiger partial charge in [-0.1, -0.05) is 6.07 Å². The van der Waals surface area contributed by atoms with Crippen LogP contribution in [0.25, 0.3) is 0 Å². The lowest BCUT2D eigenvalue weighted by Gasteiger charge is -2.17. The second-order valence-electron chi connectivity index (χ2n) is 4.25. The highest BCUT2D eigenvalue weighted by Crippen LogP contribution is 2.25. The second kappa shape index (κ2) is 5.59. The predicted octanol–water partition coefficient (Wildman–Crippen LogP) is 3.84. The number of hydrogen-bond acceptors (Lipinski definition) is 2. The standard InChI is InChI=1S/C14H15F2NS/c1-9-6-11(13(16)8-12(9)15)14(17-2)7-10-4-3-5-18-10/h3-6,8,14,17H,7H2,1-2H3. The SMILES string of the molecule is CNC(Cc1cccs1)c1cc(C)c(F)cc1F. The van der Waals surface area contributed by atoms with E-state index in [2.05, 4.69) is 5.32 Å². The van der Waals surface area contributed by atoms with Crippen molar-refractivity contribution in [3.05, 3.63) is 57.3 Å². The van der Waals surface area contributed by atoms with Crippen molar-refractivity contribution in [2.75, 3.05) is 7.05 Å². The van der Waals surface area contributed by atoms with Gasteiger partial charge in [0, 0.05) is 29.0 Å². The van der Waals surface area contributed by atoms with Gasteiger partial charge in [-0.2, -0.15) is 0 Å². The molecule has 1 nitrogen and oxygen atoms in total. The van der Waals surface area contributed by atoms with Gasteiger partial charge in [0.25, 0.3) is 0 Å². The van der Waals surface area contributed by atoms with E-state index in [1.165, 1.54) is 4.88 Å². The zero-order valence-electron chi connectivity index (χ0n) is 10.3. The molecule has 0 aliphatic rings. The highest BCUT2D eigenvalue weighted by atomic mass is 32.1. The molecule has 0 amide bonds. The van der Waals surface area contributed by atoms with Gasteiger partial charge in [0.2, 0.25) is 0 Å². The number of rotatable bonds is 4. The van der Waals surface area contributed by atoms with Crippen LogP contribution in [0.5, 0.6) is 0 Å². The fourth-order valence-electron chi connectivity index (χ4n) is 1.94. The van der Waals surface area contributed by atoms with Crippen LogP contribution in [0.2, 0.25) is 0 Å². The molecule has 4 heteroatoms. The Morgan fingerprint density at radius 3 is 2.67 bits per heavy atom. The first-order valence-electron chi connectivity index (χ1n) is 5.77. The molecule has 1 N–H and O–H groups in total. The molecule has 0 bridgehead atoms. The van der Waals surface area contributed by atoms with Crippen LogP contribution in [0.1, 0.15) is 22.0 Å². The summed E-state index contributed by atoms with van der Waals surface area (Å²) in [6.45, 7) is 1.65. The summed E-state index contributed by atoms with van der Waals surface area (Å²) in [6.07, 6.45) is 0.705. The van der Waals surface area contributed by atoms with Gasteiger partial charge < -0.3 is 5.32 Å². The fourth-order valence-corrected chi connectivity index (χ4v) is 2.70. The van der Waals surface area contributed by atoms with Crippen molar-refractivity contribution in [1.29, 1.82) is 0 Å². The first-order chi connectivity index (χ1) is 8.61. The minimum atomic E-state index is -0.498. The lowest BCUT2D eigenvalue weighted by atomic mass is 10.00. The van der Waals surface area contributed by atoms with E-state index in [4.69, 9.17) is 0 Å². The van der Waals surface area contributed by atoms with Crippen molar-refractivity contribution in [2.24, 2.45) is 0 Å². The zero-order valence-corrected chi connectivity index (χ0v) is 11.2. The van der Waals surface area contributed by atoms with Crippen LogP contribution in [0, 0.1) is 18.6 Å². The maximum absolute atomic E-state index is 13.8. The third-order valence-corrected chi connectivity index (χ3v) is 3.89. The molecule has 0 radical (unpaired) electrons. The smallest absolute Gasteiger partial charge is 0.130 e. The summed E-state index contributed by atoms with van der Waals surface area (Å²) in [7, 11) is 1.79. The first kappa shape index (κ1) is 13.2. The second-order valence-corrected chi connectivity index (χ2v) is 5.28. The van der Waals surface area contributed by atoms with Gasteiger partial charge in [0.1, 0.15) is 11.6 Å². The number of benzene rings is 1. The van der Waals surface area contributed by atoms with Crippen LogP contribution in [-0.2, 0) is 6.42 Å². The first-order valence-corrected chi connectivity index (χ1v) is 6.65.